The number of hydrogen-bond acceptors (Lipinski definition) is 2. The number of benzene rings is 1. The lowest BCUT2D eigenvalue weighted by Crippen LogP contribution is -2.35. The molecule has 0 saturated carbocycles. The van der Waals surface area contributed by atoms with E-state index in [4.69, 9.17) is 11.6 Å². The molecule has 18 heavy (non-hydrogen) atoms. The van der Waals surface area contributed by atoms with Gasteiger partial charge in [0.1, 0.15) is 0 Å². The predicted molar refractivity (Wildman–Crippen MR) is 66.7 cm³/mol. The SMILES string of the molecule is O=C(CNCC(F)(F)F)Nc1ccc(Cl)cc1Br. The van der Waals surface area contributed by atoms with E-state index in [0.29, 0.717) is 15.2 Å². The lowest BCUT2D eigenvalue weighted by molar-refractivity contribution is -0.126. The van der Waals surface area contributed by atoms with E-state index in [-0.39, 0.29) is 0 Å². The third-order valence-corrected chi connectivity index (χ3v) is 2.71. The van der Waals surface area contributed by atoms with Crippen LogP contribution in [0.4, 0.5) is 18.9 Å². The van der Waals surface area contributed by atoms with Crippen molar-refractivity contribution < 1.29 is 18.0 Å². The maximum atomic E-state index is 11.8. The van der Waals surface area contributed by atoms with Crippen molar-refractivity contribution in [3.8, 4) is 0 Å². The molecule has 1 amide bonds. The zero-order valence-corrected chi connectivity index (χ0v) is 11.3. The maximum absolute atomic E-state index is 11.8. The molecule has 0 spiro atoms. The quantitative estimate of drug-likeness (QED) is 0.880. The highest BCUT2D eigenvalue weighted by Crippen LogP contribution is 2.25. The third-order valence-electron chi connectivity index (χ3n) is 1.82. The first-order valence-corrected chi connectivity index (χ1v) is 5.97. The van der Waals surface area contributed by atoms with Gasteiger partial charge in [-0.2, -0.15) is 13.2 Å². The van der Waals surface area contributed by atoms with Crippen molar-refractivity contribution in [3.05, 3.63) is 27.7 Å². The Hall–Kier alpha value is -0.790. The highest BCUT2D eigenvalue weighted by molar-refractivity contribution is 9.10. The van der Waals surface area contributed by atoms with E-state index in [0.717, 1.165) is 0 Å². The standard InChI is InChI=1S/C10H9BrClF3N2O/c11-7-3-6(12)1-2-8(7)17-9(18)4-16-5-10(13,14)15/h1-3,16H,4-5H2,(H,17,18). The van der Waals surface area contributed by atoms with Gasteiger partial charge in [0, 0.05) is 9.50 Å². The van der Waals surface area contributed by atoms with E-state index in [1.54, 1.807) is 18.2 Å². The van der Waals surface area contributed by atoms with Crippen LogP contribution in [-0.4, -0.2) is 25.2 Å². The largest absolute Gasteiger partial charge is 0.401 e. The summed E-state index contributed by atoms with van der Waals surface area (Å²) >= 11 is 8.88. The Labute approximate surface area is 115 Å². The van der Waals surface area contributed by atoms with E-state index in [1.807, 2.05) is 5.32 Å². The number of halogens is 5. The highest BCUT2D eigenvalue weighted by atomic mass is 79.9. The Morgan fingerprint density at radius 2 is 2.06 bits per heavy atom. The molecule has 0 fully saturated rings. The monoisotopic (exact) mass is 344 g/mol. The zero-order chi connectivity index (χ0) is 13.8. The van der Waals surface area contributed by atoms with Gasteiger partial charge in [-0.15, -0.1) is 0 Å². The number of carbonyl (C=O) groups excluding carboxylic acids is 1. The van der Waals surface area contributed by atoms with Gasteiger partial charge >= 0.3 is 6.18 Å². The van der Waals surface area contributed by atoms with Crippen LogP contribution in [0.3, 0.4) is 0 Å². The average Bonchev–Trinajstić information content (AvgIpc) is 2.20. The molecule has 0 saturated heterocycles. The molecule has 8 heteroatoms. The van der Waals surface area contributed by atoms with Crippen molar-refractivity contribution in [1.29, 1.82) is 0 Å². The zero-order valence-electron chi connectivity index (χ0n) is 8.94. The molecular weight excluding hydrogens is 336 g/mol. The molecule has 100 valence electrons. The van der Waals surface area contributed by atoms with Gasteiger partial charge < -0.3 is 10.6 Å². The molecule has 0 aliphatic carbocycles. The van der Waals surface area contributed by atoms with Crippen LogP contribution >= 0.6 is 27.5 Å². The third kappa shape index (κ3) is 5.70. The number of nitrogens with one attached hydrogen (secondary N) is 2. The number of hydrogen-bond donors (Lipinski definition) is 2. The van der Waals surface area contributed by atoms with E-state index in [9.17, 15) is 18.0 Å². The molecule has 3 nitrogen and oxygen atoms in total. The fourth-order valence-electron chi connectivity index (χ4n) is 1.10. The first kappa shape index (κ1) is 15.3. The molecule has 0 atom stereocenters. The van der Waals surface area contributed by atoms with Crippen LogP contribution in [-0.2, 0) is 4.79 Å². The minimum atomic E-state index is -4.33. The van der Waals surface area contributed by atoms with Gasteiger partial charge in [0.25, 0.3) is 0 Å². The Morgan fingerprint density at radius 3 is 2.61 bits per heavy atom. The van der Waals surface area contributed by atoms with Crippen LogP contribution < -0.4 is 10.6 Å². The smallest absolute Gasteiger partial charge is 0.324 e. The van der Waals surface area contributed by atoms with Crippen molar-refractivity contribution >= 4 is 39.1 Å². The molecule has 2 N–H and O–H groups in total. The molecular formula is C10H9BrClF3N2O. The van der Waals surface area contributed by atoms with E-state index < -0.39 is 25.2 Å². The molecule has 1 rings (SSSR count). The normalized spacial score (nSPS) is 11.4. The average molecular weight is 346 g/mol. The summed E-state index contributed by atoms with van der Waals surface area (Å²) < 4.78 is 36.0. The summed E-state index contributed by atoms with van der Waals surface area (Å²) in [6.45, 7) is -1.63. The molecule has 0 unspecified atom stereocenters. The Kier molecular flexibility index (Phi) is 5.43. The van der Waals surface area contributed by atoms with Gasteiger partial charge in [0.15, 0.2) is 0 Å². The Bertz CT molecular complexity index is 440. The molecule has 0 aromatic heterocycles. The second kappa shape index (κ2) is 6.40. The molecule has 0 aliphatic heterocycles. The highest BCUT2D eigenvalue weighted by Gasteiger charge is 2.26. The summed E-state index contributed by atoms with van der Waals surface area (Å²) in [7, 11) is 0. The van der Waals surface area contributed by atoms with E-state index in [1.165, 1.54) is 0 Å². The molecule has 1 aromatic rings. The van der Waals surface area contributed by atoms with Gasteiger partial charge in [-0.1, -0.05) is 11.6 Å². The summed E-state index contributed by atoms with van der Waals surface area (Å²) in [5.74, 6) is -0.567. The van der Waals surface area contributed by atoms with Crippen molar-refractivity contribution in [2.75, 3.05) is 18.4 Å². The van der Waals surface area contributed by atoms with Gasteiger partial charge in [0.2, 0.25) is 5.91 Å². The van der Waals surface area contributed by atoms with Crippen molar-refractivity contribution in [1.82, 2.24) is 5.32 Å². The van der Waals surface area contributed by atoms with Gasteiger partial charge in [0.05, 0.1) is 18.8 Å². The summed E-state index contributed by atoms with van der Waals surface area (Å²) in [6.07, 6.45) is -4.33. The predicted octanol–water partition coefficient (Wildman–Crippen LogP) is 3.19. The van der Waals surface area contributed by atoms with E-state index in [2.05, 4.69) is 21.2 Å². The van der Waals surface area contributed by atoms with Gasteiger partial charge in [-0.3, -0.25) is 4.79 Å². The second-order valence-corrected chi connectivity index (χ2v) is 4.68. The fraction of sp³-hybridized carbons (Fsp3) is 0.300. The first-order chi connectivity index (χ1) is 8.28. The summed E-state index contributed by atoms with van der Waals surface area (Å²) in [5.41, 5.74) is 0.443. The van der Waals surface area contributed by atoms with Crippen LogP contribution in [0.5, 0.6) is 0 Å². The molecule has 0 heterocycles. The lowest BCUT2D eigenvalue weighted by atomic mass is 10.3. The minimum Gasteiger partial charge on any atom is -0.324 e. The van der Waals surface area contributed by atoms with Crippen LogP contribution in [0.1, 0.15) is 0 Å². The number of carbonyl (C=O) groups is 1. The number of alkyl halides is 3. The van der Waals surface area contributed by atoms with Gasteiger partial charge in [-0.25, -0.2) is 0 Å². The summed E-state index contributed by atoms with van der Waals surface area (Å²) in [4.78, 5) is 11.3. The molecule has 1 aromatic carbocycles. The minimum absolute atomic E-state index is 0.422. The first-order valence-electron chi connectivity index (χ1n) is 4.80. The second-order valence-electron chi connectivity index (χ2n) is 3.39. The maximum Gasteiger partial charge on any atom is 0.401 e. The molecule has 0 bridgehead atoms. The summed E-state index contributed by atoms with van der Waals surface area (Å²) in [6, 6.07) is 4.68. The number of rotatable bonds is 4. The van der Waals surface area contributed by atoms with Gasteiger partial charge in [-0.05, 0) is 34.1 Å². The van der Waals surface area contributed by atoms with Crippen LogP contribution in [0.15, 0.2) is 22.7 Å². The topological polar surface area (TPSA) is 41.1 Å². The molecule has 0 aliphatic rings. The lowest BCUT2D eigenvalue weighted by Gasteiger charge is -2.10. The van der Waals surface area contributed by atoms with Crippen LogP contribution in [0.2, 0.25) is 5.02 Å². The van der Waals surface area contributed by atoms with Crippen molar-refractivity contribution in [3.63, 3.8) is 0 Å². The fourth-order valence-corrected chi connectivity index (χ4v) is 1.88. The number of amides is 1. The van der Waals surface area contributed by atoms with Crippen LogP contribution in [0, 0.1) is 0 Å². The van der Waals surface area contributed by atoms with Crippen LogP contribution in [0.25, 0.3) is 0 Å². The Morgan fingerprint density at radius 1 is 1.39 bits per heavy atom. The molecule has 0 radical (unpaired) electrons. The van der Waals surface area contributed by atoms with Crippen molar-refractivity contribution in [2.24, 2.45) is 0 Å². The number of anilines is 1. The summed E-state index contributed by atoms with van der Waals surface area (Å²) in [5, 5.41) is 4.93. The van der Waals surface area contributed by atoms with E-state index >= 15 is 0 Å². The van der Waals surface area contributed by atoms with Crippen molar-refractivity contribution in [2.45, 2.75) is 6.18 Å². The Balaban J connectivity index is 2.45.